The Balaban J connectivity index is 3.01. The van der Waals surface area contributed by atoms with Crippen LogP contribution >= 0.6 is 0 Å². The normalized spacial score (nSPS) is 14.9. The van der Waals surface area contributed by atoms with E-state index in [1.807, 2.05) is 13.8 Å². The zero-order valence-electron chi connectivity index (χ0n) is 17.4. The van der Waals surface area contributed by atoms with E-state index in [1.165, 1.54) is 12.5 Å². The third-order valence-corrected chi connectivity index (χ3v) is 4.28. The van der Waals surface area contributed by atoms with Crippen molar-refractivity contribution in [3.8, 4) is 0 Å². The molecule has 0 aromatic carbocycles. The largest absolute Gasteiger partial charge is 0.480 e. The molecule has 1 aromatic heterocycles. The molecule has 9 N–H and O–H groups in total. The molecule has 0 radical (unpaired) electrons. The summed E-state index contributed by atoms with van der Waals surface area (Å²) in [7, 11) is 0. The molecular weight excluding hydrogens is 412 g/mol. The number of amides is 3. The van der Waals surface area contributed by atoms with Crippen LogP contribution in [0.5, 0.6) is 0 Å². The molecule has 1 heterocycles. The summed E-state index contributed by atoms with van der Waals surface area (Å²) in [4.78, 5) is 55.3. The van der Waals surface area contributed by atoms with E-state index in [4.69, 9.17) is 21.1 Å². The highest BCUT2D eigenvalue weighted by Crippen LogP contribution is 2.07. The number of nitrogens with one attached hydrogen (secondary N) is 4. The van der Waals surface area contributed by atoms with Gasteiger partial charge in [0.1, 0.15) is 24.2 Å². The summed E-state index contributed by atoms with van der Waals surface area (Å²) in [5.74, 6) is -3.71. The van der Waals surface area contributed by atoms with Gasteiger partial charge in [-0.15, -0.1) is 0 Å². The second-order valence-electron chi connectivity index (χ2n) is 7.40. The number of aliphatic hydroxyl groups is 2. The van der Waals surface area contributed by atoms with Crippen LogP contribution in [0.3, 0.4) is 0 Å². The quantitative estimate of drug-likeness (QED) is 0.154. The molecule has 0 aliphatic carbocycles. The minimum absolute atomic E-state index is 0.00735. The van der Waals surface area contributed by atoms with Gasteiger partial charge in [-0.1, -0.05) is 13.8 Å². The van der Waals surface area contributed by atoms with E-state index >= 15 is 0 Å². The lowest BCUT2D eigenvalue weighted by Gasteiger charge is -2.25. The van der Waals surface area contributed by atoms with Crippen molar-refractivity contribution in [2.75, 3.05) is 13.2 Å². The molecule has 13 heteroatoms. The van der Waals surface area contributed by atoms with Crippen LogP contribution < -0.4 is 21.7 Å². The van der Waals surface area contributed by atoms with Crippen LogP contribution in [0, 0.1) is 5.92 Å². The molecule has 1 aromatic rings. The van der Waals surface area contributed by atoms with Gasteiger partial charge in [0.2, 0.25) is 17.7 Å². The van der Waals surface area contributed by atoms with E-state index in [0.717, 1.165) is 0 Å². The van der Waals surface area contributed by atoms with Crippen LogP contribution in [0.25, 0.3) is 0 Å². The fraction of sp³-hybridized carbons (Fsp3) is 0.611. The molecular formula is C18H30N6O7. The molecule has 0 bridgehead atoms. The third-order valence-electron chi connectivity index (χ3n) is 4.28. The maximum absolute atomic E-state index is 12.9. The van der Waals surface area contributed by atoms with Gasteiger partial charge in [-0.05, 0) is 12.3 Å². The summed E-state index contributed by atoms with van der Waals surface area (Å²) in [6.07, 6.45) is 2.98. The number of aliphatic carboxylic acids is 1. The Morgan fingerprint density at radius 3 is 2.06 bits per heavy atom. The van der Waals surface area contributed by atoms with E-state index in [2.05, 4.69) is 25.9 Å². The van der Waals surface area contributed by atoms with Gasteiger partial charge in [-0.2, -0.15) is 0 Å². The molecule has 0 saturated carbocycles. The predicted molar refractivity (Wildman–Crippen MR) is 107 cm³/mol. The number of carboxylic acids is 1. The van der Waals surface area contributed by atoms with E-state index in [-0.39, 0.29) is 18.8 Å². The van der Waals surface area contributed by atoms with Crippen molar-refractivity contribution in [3.05, 3.63) is 18.2 Å². The summed E-state index contributed by atoms with van der Waals surface area (Å²) in [5, 5.41) is 34.3. The molecule has 1 rings (SSSR count). The molecule has 31 heavy (non-hydrogen) atoms. The Morgan fingerprint density at radius 1 is 1.00 bits per heavy atom. The lowest BCUT2D eigenvalue weighted by atomic mass is 10.0. The minimum Gasteiger partial charge on any atom is -0.480 e. The number of nitrogens with zero attached hydrogens (tertiary/aromatic N) is 1. The van der Waals surface area contributed by atoms with Crippen molar-refractivity contribution in [1.82, 2.24) is 25.9 Å². The molecule has 0 aliphatic heterocycles. The Morgan fingerprint density at radius 2 is 1.58 bits per heavy atom. The van der Waals surface area contributed by atoms with Crippen molar-refractivity contribution in [2.24, 2.45) is 11.7 Å². The number of hydrogen-bond acceptors (Lipinski definition) is 8. The van der Waals surface area contributed by atoms with Gasteiger partial charge in [0, 0.05) is 18.3 Å². The van der Waals surface area contributed by atoms with E-state index < -0.39 is 61.1 Å². The predicted octanol–water partition coefficient (Wildman–Crippen LogP) is -3.15. The summed E-state index contributed by atoms with van der Waals surface area (Å²) < 4.78 is 0. The smallest absolute Gasteiger partial charge is 0.328 e. The number of rotatable bonds is 13. The number of H-pyrrole nitrogens is 1. The summed E-state index contributed by atoms with van der Waals surface area (Å²) >= 11 is 0. The molecule has 0 saturated heterocycles. The van der Waals surface area contributed by atoms with Crippen LogP contribution in [-0.2, 0) is 25.6 Å². The molecule has 13 nitrogen and oxygen atoms in total. The average Bonchev–Trinajstić information content (AvgIpc) is 3.22. The van der Waals surface area contributed by atoms with Gasteiger partial charge in [0.25, 0.3) is 0 Å². The Bertz CT molecular complexity index is 740. The lowest BCUT2D eigenvalue weighted by molar-refractivity contribution is -0.143. The van der Waals surface area contributed by atoms with Crippen LogP contribution in [0.2, 0.25) is 0 Å². The topological polar surface area (TPSA) is 220 Å². The van der Waals surface area contributed by atoms with E-state index in [0.29, 0.717) is 5.69 Å². The number of carbonyl (C=O) groups is 4. The molecule has 4 unspecified atom stereocenters. The lowest BCUT2D eigenvalue weighted by Crippen LogP contribution is -2.58. The Kier molecular flexibility index (Phi) is 10.6. The third kappa shape index (κ3) is 8.70. The maximum atomic E-state index is 12.9. The number of carboxylic acid groups (broad SMARTS) is 1. The SMILES string of the molecule is CC(C)CC(NC(=O)C(N)CO)C(=O)NC(Cc1cnc[nH]1)C(=O)NC(CO)C(=O)O. The molecule has 0 fully saturated rings. The summed E-state index contributed by atoms with van der Waals surface area (Å²) in [5.41, 5.74) is 5.97. The highest BCUT2D eigenvalue weighted by Gasteiger charge is 2.30. The maximum Gasteiger partial charge on any atom is 0.328 e. The van der Waals surface area contributed by atoms with Crippen molar-refractivity contribution >= 4 is 23.7 Å². The van der Waals surface area contributed by atoms with Gasteiger partial charge < -0.3 is 42.0 Å². The van der Waals surface area contributed by atoms with Gasteiger partial charge in [-0.3, -0.25) is 14.4 Å². The number of hydrogen-bond donors (Lipinski definition) is 8. The van der Waals surface area contributed by atoms with Gasteiger partial charge in [-0.25, -0.2) is 9.78 Å². The number of aromatic amines is 1. The first kappa shape index (κ1) is 26.0. The first-order valence-corrected chi connectivity index (χ1v) is 9.67. The standard InChI is InChI=1S/C18H30N6O7/c1-9(2)3-12(22-15(27)11(19)6-25)16(28)23-13(4-10-5-20-8-21-10)17(29)24-14(7-26)18(30)31/h5,8-9,11-14,25-26H,3-4,6-7,19H2,1-2H3,(H,20,21)(H,22,27)(H,23,28)(H,24,29)(H,30,31). The fourth-order valence-corrected chi connectivity index (χ4v) is 2.62. The van der Waals surface area contributed by atoms with Gasteiger partial charge in [0.05, 0.1) is 19.5 Å². The van der Waals surface area contributed by atoms with Crippen molar-refractivity contribution in [3.63, 3.8) is 0 Å². The molecule has 0 spiro atoms. The van der Waals surface area contributed by atoms with E-state index in [1.54, 1.807) is 0 Å². The summed E-state index contributed by atoms with van der Waals surface area (Å²) in [6.45, 7) is 2.21. The van der Waals surface area contributed by atoms with Crippen LogP contribution in [0.15, 0.2) is 12.5 Å². The highest BCUT2D eigenvalue weighted by molar-refractivity contribution is 5.94. The van der Waals surface area contributed by atoms with Crippen LogP contribution in [-0.4, -0.2) is 86.4 Å². The minimum atomic E-state index is -1.55. The van der Waals surface area contributed by atoms with Gasteiger partial charge in [0.15, 0.2) is 0 Å². The second kappa shape index (κ2) is 12.6. The summed E-state index contributed by atoms with van der Waals surface area (Å²) in [6, 6.07) is -5.04. The van der Waals surface area contributed by atoms with Crippen molar-refractivity contribution in [1.29, 1.82) is 0 Å². The van der Waals surface area contributed by atoms with Crippen molar-refractivity contribution < 1.29 is 34.5 Å². The number of carbonyl (C=O) groups excluding carboxylic acids is 3. The first-order chi connectivity index (χ1) is 14.6. The van der Waals surface area contributed by atoms with Crippen molar-refractivity contribution in [2.45, 2.75) is 50.9 Å². The molecule has 174 valence electrons. The van der Waals surface area contributed by atoms with E-state index in [9.17, 15) is 19.2 Å². The molecule has 4 atom stereocenters. The monoisotopic (exact) mass is 442 g/mol. The zero-order valence-corrected chi connectivity index (χ0v) is 17.4. The average molecular weight is 442 g/mol. The van der Waals surface area contributed by atoms with Crippen LogP contribution in [0.4, 0.5) is 0 Å². The number of imidazole rings is 1. The van der Waals surface area contributed by atoms with Crippen LogP contribution in [0.1, 0.15) is 26.0 Å². The zero-order chi connectivity index (χ0) is 23.6. The number of aliphatic hydroxyl groups excluding tert-OH is 2. The molecule has 0 aliphatic rings. The Labute approximate surface area is 178 Å². The second-order valence-corrected chi connectivity index (χ2v) is 7.40. The molecule has 3 amide bonds. The number of aromatic nitrogens is 2. The highest BCUT2D eigenvalue weighted by atomic mass is 16.4. The fourth-order valence-electron chi connectivity index (χ4n) is 2.62. The van der Waals surface area contributed by atoms with Gasteiger partial charge >= 0.3 is 5.97 Å². The Hall–Kier alpha value is -3.03. The first-order valence-electron chi connectivity index (χ1n) is 9.67. The number of nitrogens with two attached hydrogens (primary N) is 1.